The minimum atomic E-state index is -1.23. The molecule has 0 heterocycles. The standard InChI is InChI=1S/C13H16O5/c14-7-10(15)11(16)8-1-3-9(4-2-8)13(5-6-13)12(17)18/h1-4,10-11,14-16H,5-7H2,(H,17,18). The quantitative estimate of drug-likeness (QED) is 0.599. The van der Waals surface area contributed by atoms with Crippen LogP contribution < -0.4 is 0 Å². The summed E-state index contributed by atoms with van der Waals surface area (Å²) in [6.45, 7) is -0.526. The van der Waals surface area contributed by atoms with Crippen molar-refractivity contribution in [3.05, 3.63) is 35.4 Å². The molecule has 2 atom stereocenters. The number of hydrogen-bond acceptors (Lipinski definition) is 4. The maximum Gasteiger partial charge on any atom is 0.314 e. The van der Waals surface area contributed by atoms with E-state index in [-0.39, 0.29) is 0 Å². The number of rotatable bonds is 5. The van der Waals surface area contributed by atoms with Crippen LogP contribution in [0, 0.1) is 0 Å². The monoisotopic (exact) mass is 252 g/mol. The van der Waals surface area contributed by atoms with Crippen LogP contribution in [0.15, 0.2) is 24.3 Å². The van der Waals surface area contributed by atoms with Gasteiger partial charge in [0.25, 0.3) is 0 Å². The Hall–Kier alpha value is -1.43. The minimum Gasteiger partial charge on any atom is -0.481 e. The van der Waals surface area contributed by atoms with Gasteiger partial charge < -0.3 is 20.4 Å². The van der Waals surface area contributed by atoms with E-state index >= 15 is 0 Å². The molecular weight excluding hydrogens is 236 g/mol. The van der Waals surface area contributed by atoms with Gasteiger partial charge in [0.1, 0.15) is 12.2 Å². The van der Waals surface area contributed by atoms with E-state index in [1.54, 1.807) is 24.3 Å². The number of benzene rings is 1. The summed E-state index contributed by atoms with van der Waals surface area (Å²) >= 11 is 0. The second kappa shape index (κ2) is 4.68. The van der Waals surface area contributed by atoms with Crippen LogP contribution in [-0.2, 0) is 10.2 Å². The molecule has 0 amide bonds. The lowest BCUT2D eigenvalue weighted by atomic mass is 9.93. The highest BCUT2D eigenvalue weighted by Gasteiger charge is 2.51. The molecule has 4 N–H and O–H groups in total. The SMILES string of the molecule is O=C(O)C1(c2ccc(C(O)C(O)CO)cc2)CC1. The maximum absolute atomic E-state index is 11.1. The van der Waals surface area contributed by atoms with Crippen molar-refractivity contribution in [2.24, 2.45) is 0 Å². The van der Waals surface area contributed by atoms with Gasteiger partial charge in [-0.05, 0) is 24.0 Å². The van der Waals surface area contributed by atoms with Crippen LogP contribution in [-0.4, -0.2) is 39.1 Å². The van der Waals surface area contributed by atoms with E-state index in [2.05, 4.69) is 0 Å². The van der Waals surface area contributed by atoms with Crippen LogP contribution >= 0.6 is 0 Å². The molecule has 0 bridgehead atoms. The predicted octanol–water partition coefficient (Wildman–Crippen LogP) is 0.189. The molecule has 0 aliphatic heterocycles. The molecule has 1 aromatic rings. The van der Waals surface area contributed by atoms with Crippen LogP contribution in [0.4, 0.5) is 0 Å². The lowest BCUT2D eigenvalue weighted by Crippen LogP contribution is -2.22. The summed E-state index contributed by atoms with van der Waals surface area (Å²) in [5, 5.41) is 36.9. The predicted molar refractivity (Wildman–Crippen MR) is 63.0 cm³/mol. The molecule has 5 nitrogen and oxygen atoms in total. The van der Waals surface area contributed by atoms with Gasteiger partial charge in [0.15, 0.2) is 0 Å². The first-order valence-electron chi connectivity index (χ1n) is 5.82. The van der Waals surface area contributed by atoms with E-state index in [0.29, 0.717) is 24.0 Å². The average Bonchev–Trinajstić information content (AvgIpc) is 3.18. The molecule has 5 heteroatoms. The molecule has 1 aliphatic carbocycles. The number of carbonyl (C=O) groups is 1. The molecule has 0 spiro atoms. The normalized spacial score (nSPS) is 20.2. The molecule has 1 aliphatic rings. The van der Waals surface area contributed by atoms with Gasteiger partial charge in [0, 0.05) is 0 Å². The first-order chi connectivity index (χ1) is 8.51. The topological polar surface area (TPSA) is 98.0 Å². The fraction of sp³-hybridized carbons (Fsp3) is 0.462. The zero-order chi connectivity index (χ0) is 13.3. The Bertz CT molecular complexity index is 435. The van der Waals surface area contributed by atoms with E-state index in [4.69, 9.17) is 10.2 Å². The summed E-state index contributed by atoms with van der Waals surface area (Å²) in [5.41, 5.74) is 0.407. The molecule has 0 radical (unpaired) electrons. The summed E-state index contributed by atoms with van der Waals surface area (Å²) in [6.07, 6.45) is -1.14. The van der Waals surface area contributed by atoms with Crippen molar-refractivity contribution < 1.29 is 25.2 Å². The van der Waals surface area contributed by atoms with Gasteiger partial charge >= 0.3 is 5.97 Å². The molecular formula is C13H16O5. The highest BCUT2D eigenvalue weighted by Crippen LogP contribution is 2.48. The molecule has 0 aromatic heterocycles. The molecule has 18 heavy (non-hydrogen) atoms. The van der Waals surface area contributed by atoms with Gasteiger partial charge in [-0.3, -0.25) is 4.79 Å². The second-order valence-corrected chi connectivity index (χ2v) is 4.70. The first kappa shape index (κ1) is 13.0. The number of carboxylic acid groups (broad SMARTS) is 1. The van der Waals surface area contributed by atoms with Gasteiger partial charge in [-0.1, -0.05) is 24.3 Å². The van der Waals surface area contributed by atoms with E-state index in [0.717, 1.165) is 0 Å². The first-order valence-corrected chi connectivity index (χ1v) is 5.82. The number of hydrogen-bond donors (Lipinski definition) is 4. The van der Waals surface area contributed by atoms with Crippen LogP contribution in [0.5, 0.6) is 0 Å². The molecule has 0 saturated heterocycles. The number of aliphatic hydroxyl groups is 3. The summed E-state index contributed by atoms with van der Waals surface area (Å²) < 4.78 is 0. The number of carboxylic acids is 1. The Morgan fingerprint density at radius 1 is 1.22 bits per heavy atom. The van der Waals surface area contributed by atoms with Crippen molar-refractivity contribution >= 4 is 5.97 Å². The van der Waals surface area contributed by atoms with Gasteiger partial charge in [-0.2, -0.15) is 0 Å². The second-order valence-electron chi connectivity index (χ2n) is 4.70. The lowest BCUT2D eigenvalue weighted by molar-refractivity contribution is -0.140. The highest BCUT2D eigenvalue weighted by atomic mass is 16.4. The van der Waals surface area contributed by atoms with Crippen LogP contribution in [0.2, 0.25) is 0 Å². The number of aliphatic carboxylic acids is 1. The summed E-state index contributed by atoms with van der Waals surface area (Å²) in [6, 6.07) is 6.48. The zero-order valence-electron chi connectivity index (χ0n) is 9.78. The van der Waals surface area contributed by atoms with Crippen LogP contribution in [0.1, 0.15) is 30.1 Å². The molecule has 1 saturated carbocycles. The van der Waals surface area contributed by atoms with Crippen molar-refractivity contribution in [2.45, 2.75) is 30.5 Å². The third kappa shape index (κ3) is 2.12. The average molecular weight is 252 g/mol. The fourth-order valence-electron chi connectivity index (χ4n) is 2.07. The van der Waals surface area contributed by atoms with Crippen LogP contribution in [0.3, 0.4) is 0 Å². The van der Waals surface area contributed by atoms with Gasteiger partial charge in [-0.25, -0.2) is 0 Å². The third-order valence-electron chi connectivity index (χ3n) is 3.52. The van der Waals surface area contributed by atoms with E-state index in [1.807, 2.05) is 0 Å². The van der Waals surface area contributed by atoms with Crippen molar-refractivity contribution in [3.63, 3.8) is 0 Å². The third-order valence-corrected chi connectivity index (χ3v) is 3.52. The van der Waals surface area contributed by atoms with Crippen molar-refractivity contribution in [3.8, 4) is 0 Å². The van der Waals surface area contributed by atoms with E-state index < -0.39 is 30.2 Å². The molecule has 98 valence electrons. The Kier molecular flexibility index (Phi) is 3.38. The number of aliphatic hydroxyl groups excluding tert-OH is 3. The Labute approximate surface area is 104 Å². The minimum absolute atomic E-state index is 0.460. The van der Waals surface area contributed by atoms with Crippen molar-refractivity contribution in [1.29, 1.82) is 0 Å². The molecule has 2 unspecified atom stereocenters. The van der Waals surface area contributed by atoms with Crippen molar-refractivity contribution in [2.75, 3.05) is 6.61 Å². The summed E-state index contributed by atoms with van der Waals surface area (Å²) in [5.74, 6) is -0.828. The largest absolute Gasteiger partial charge is 0.481 e. The maximum atomic E-state index is 11.1. The fourth-order valence-corrected chi connectivity index (χ4v) is 2.07. The Morgan fingerprint density at radius 2 is 1.78 bits per heavy atom. The van der Waals surface area contributed by atoms with Crippen molar-refractivity contribution in [1.82, 2.24) is 0 Å². The van der Waals surface area contributed by atoms with Gasteiger partial charge in [-0.15, -0.1) is 0 Å². The molecule has 1 fully saturated rings. The van der Waals surface area contributed by atoms with Gasteiger partial charge in [0.05, 0.1) is 12.0 Å². The summed E-state index contributed by atoms with van der Waals surface area (Å²) in [4.78, 5) is 11.1. The molecule has 2 rings (SSSR count). The van der Waals surface area contributed by atoms with Gasteiger partial charge in [0.2, 0.25) is 0 Å². The van der Waals surface area contributed by atoms with Crippen LogP contribution in [0.25, 0.3) is 0 Å². The molecule has 1 aromatic carbocycles. The Balaban J connectivity index is 2.18. The van der Waals surface area contributed by atoms with E-state index in [1.165, 1.54) is 0 Å². The van der Waals surface area contributed by atoms with E-state index in [9.17, 15) is 15.0 Å². The smallest absolute Gasteiger partial charge is 0.314 e. The zero-order valence-corrected chi connectivity index (χ0v) is 9.78. The lowest BCUT2D eigenvalue weighted by Gasteiger charge is -2.17. The Morgan fingerprint density at radius 3 is 2.17 bits per heavy atom. The summed E-state index contributed by atoms with van der Waals surface area (Å²) in [7, 11) is 0. The highest BCUT2D eigenvalue weighted by molar-refractivity contribution is 5.84.